The molecule has 1 fully saturated rings. The summed E-state index contributed by atoms with van der Waals surface area (Å²) in [5.41, 5.74) is 0.884. The van der Waals surface area contributed by atoms with Gasteiger partial charge >= 0.3 is 0 Å². The lowest BCUT2D eigenvalue weighted by Crippen LogP contribution is -2.33. The van der Waals surface area contributed by atoms with Crippen molar-refractivity contribution < 1.29 is 4.79 Å². The fourth-order valence-electron chi connectivity index (χ4n) is 1.48. The van der Waals surface area contributed by atoms with Crippen molar-refractivity contribution in [1.29, 1.82) is 0 Å². The normalized spacial score (nSPS) is 15.1. The quantitative estimate of drug-likeness (QED) is 0.781. The average Bonchev–Trinajstić information content (AvgIpc) is 2.98. The Kier molecular flexibility index (Phi) is 2.62. The Morgan fingerprint density at radius 1 is 1.73 bits per heavy atom. The number of nitrogens with one attached hydrogen (secondary N) is 1. The van der Waals surface area contributed by atoms with E-state index in [4.69, 9.17) is 0 Å². The Labute approximate surface area is 89.1 Å². The van der Waals surface area contributed by atoms with Crippen LogP contribution in [-0.4, -0.2) is 40.2 Å². The van der Waals surface area contributed by atoms with Crippen LogP contribution >= 0.6 is 0 Å². The maximum Gasteiger partial charge on any atom is 0.241 e. The molecule has 0 radical (unpaired) electrons. The van der Waals surface area contributed by atoms with Gasteiger partial charge in [-0.25, -0.2) is 0 Å². The summed E-state index contributed by atoms with van der Waals surface area (Å²) in [5.74, 6) is 0.140. The number of rotatable bonds is 4. The molecule has 1 amide bonds. The molecular weight excluding hydrogens is 192 g/mol. The van der Waals surface area contributed by atoms with Crippen molar-refractivity contribution >= 4 is 11.6 Å². The van der Waals surface area contributed by atoms with E-state index in [1.54, 1.807) is 10.9 Å². The van der Waals surface area contributed by atoms with Crippen molar-refractivity contribution in [2.45, 2.75) is 18.9 Å². The first-order valence-electron chi connectivity index (χ1n) is 5.15. The highest BCUT2D eigenvalue weighted by molar-refractivity contribution is 5.81. The van der Waals surface area contributed by atoms with Gasteiger partial charge in [0.05, 0.1) is 18.4 Å². The molecule has 5 nitrogen and oxygen atoms in total. The minimum Gasteiger partial charge on any atom is -0.374 e. The Hall–Kier alpha value is -1.52. The zero-order chi connectivity index (χ0) is 10.8. The molecule has 5 heteroatoms. The maximum absolute atomic E-state index is 11.6. The van der Waals surface area contributed by atoms with E-state index >= 15 is 0 Å². The lowest BCUT2D eigenvalue weighted by molar-refractivity contribution is -0.128. The molecule has 1 aliphatic rings. The van der Waals surface area contributed by atoms with Crippen LogP contribution in [0.2, 0.25) is 0 Å². The van der Waals surface area contributed by atoms with Crippen LogP contribution in [0.1, 0.15) is 12.8 Å². The first kappa shape index (κ1) is 10.0. The van der Waals surface area contributed by atoms with Gasteiger partial charge < -0.3 is 10.2 Å². The number of likely N-dealkylation sites (N-methyl/N-ethyl adjacent to an activating group) is 1. The van der Waals surface area contributed by atoms with E-state index in [9.17, 15) is 4.79 Å². The summed E-state index contributed by atoms with van der Waals surface area (Å²) in [6.07, 6.45) is 5.86. The first-order valence-corrected chi connectivity index (χ1v) is 5.15. The van der Waals surface area contributed by atoms with Crippen molar-refractivity contribution in [3.8, 4) is 0 Å². The number of anilines is 1. The van der Waals surface area contributed by atoms with E-state index in [0.29, 0.717) is 12.6 Å². The van der Waals surface area contributed by atoms with Gasteiger partial charge in [0.25, 0.3) is 0 Å². The van der Waals surface area contributed by atoms with E-state index in [1.165, 1.54) is 0 Å². The van der Waals surface area contributed by atoms with Gasteiger partial charge in [-0.2, -0.15) is 5.10 Å². The van der Waals surface area contributed by atoms with Crippen LogP contribution in [0.4, 0.5) is 5.69 Å². The molecule has 0 saturated heterocycles. The SMILES string of the molecule is CN(C(=O)CNc1cnn(C)c1)C1CC1. The number of carbonyl (C=O) groups is 1. The van der Waals surface area contributed by atoms with Gasteiger partial charge in [0.15, 0.2) is 0 Å². The molecule has 1 saturated carbocycles. The van der Waals surface area contributed by atoms with E-state index in [0.717, 1.165) is 18.5 Å². The molecule has 1 heterocycles. The van der Waals surface area contributed by atoms with E-state index in [2.05, 4.69) is 10.4 Å². The van der Waals surface area contributed by atoms with Crippen LogP contribution in [0.5, 0.6) is 0 Å². The molecular formula is C10H16N4O. The molecule has 0 atom stereocenters. The highest BCUT2D eigenvalue weighted by Gasteiger charge is 2.29. The third kappa shape index (κ3) is 2.49. The maximum atomic E-state index is 11.6. The summed E-state index contributed by atoms with van der Waals surface area (Å²) in [6, 6.07) is 0.480. The predicted molar refractivity (Wildman–Crippen MR) is 57.5 cm³/mol. The second kappa shape index (κ2) is 3.92. The van der Waals surface area contributed by atoms with Crippen molar-refractivity contribution in [2.24, 2.45) is 7.05 Å². The summed E-state index contributed by atoms with van der Waals surface area (Å²) in [7, 11) is 3.72. The highest BCUT2D eigenvalue weighted by Crippen LogP contribution is 2.25. The molecule has 0 unspecified atom stereocenters. The van der Waals surface area contributed by atoms with Crippen molar-refractivity contribution in [3.05, 3.63) is 12.4 Å². The fourth-order valence-corrected chi connectivity index (χ4v) is 1.48. The number of aryl methyl sites for hydroxylation is 1. The predicted octanol–water partition coefficient (Wildman–Crippen LogP) is 0.453. The van der Waals surface area contributed by atoms with Crippen molar-refractivity contribution in [1.82, 2.24) is 14.7 Å². The summed E-state index contributed by atoms with van der Waals surface area (Å²) in [6.45, 7) is 0.346. The largest absolute Gasteiger partial charge is 0.374 e. The summed E-state index contributed by atoms with van der Waals surface area (Å²) < 4.78 is 1.71. The molecule has 2 rings (SSSR count). The Morgan fingerprint density at radius 2 is 2.47 bits per heavy atom. The smallest absolute Gasteiger partial charge is 0.241 e. The standard InChI is InChI=1S/C10H16N4O/c1-13-7-8(5-12-13)11-6-10(15)14(2)9-3-4-9/h5,7,9,11H,3-4,6H2,1-2H3. The lowest BCUT2D eigenvalue weighted by atomic mass is 10.4. The zero-order valence-electron chi connectivity index (χ0n) is 9.10. The van der Waals surface area contributed by atoms with Crippen LogP contribution in [0.15, 0.2) is 12.4 Å². The number of carbonyl (C=O) groups excluding carboxylic acids is 1. The van der Waals surface area contributed by atoms with Crippen LogP contribution in [0, 0.1) is 0 Å². The minimum absolute atomic E-state index is 0.140. The monoisotopic (exact) mass is 208 g/mol. The lowest BCUT2D eigenvalue weighted by Gasteiger charge is -2.16. The van der Waals surface area contributed by atoms with Crippen LogP contribution in [0.25, 0.3) is 0 Å². The number of aromatic nitrogens is 2. The average molecular weight is 208 g/mol. The van der Waals surface area contributed by atoms with Crippen LogP contribution in [0.3, 0.4) is 0 Å². The summed E-state index contributed by atoms with van der Waals surface area (Å²) in [5, 5.41) is 7.07. The Bertz CT molecular complexity index is 356. The molecule has 0 aliphatic heterocycles. The first-order chi connectivity index (χ1) is 7.16. The van der Waals surface area contributed by atoms with Crippen molar-refractivity contribution in [3.63, 3.8) is 0 Å². The molecule has 0 aromatic carbocycles. The van der Waals surface area contributed by atoms with E-state index < -0.39 is 0 Å². The van der Waals surface area contributed by atoms with Gasteiger partial charge in [-0.1, -0.05) is 0 Å². The van der Waals surface area contributed by atoms with Crippen LogP contribution < -0.4 is 5.32 Å². The van der Waals surface area contributed by atoms with Gasteiger partial charge in [0.1, 0.15) is 0 Å². The highest BCUT2D eigenvalue weighted by atomic mass is 16.2. The number of hydrogen-bond donors (Lipinski definition) is 1. The minimum atomic E-state index is 0.140. The number of hydrogen-bond acceptors (Lipinski definition) is 3. The number of amides is 1. The second-order valence-electron chi connectivity index (χ2n) is 3.99. The van der Waals surface area contributed by atoms with Gasteiger partial charge in [-0.15, -0.1) is 0 Å². The Morgan fingerprint density at radius 3 is 3.00 bits per heavy atom. The van der Waals surface area contributed by atoms with Gasteiger partial charge in [-0.05, 0) is 12.8 Å². The molecule has 0 bridgehead atoms. The van der Waals surface area contributed by atoms with E-state index in [-0.39, 0.29) is 5.91 Å². The molecule has 0 spiro atoms. The third-order valence-corrected chi connectivity index (χ3v) is 2.64. The molecule has 1 aromatic rings. The molecule has 15 heavy (non-hydrogen) atoms. The van der Waals surface area contributed by atoms with Crippen molar-refractivity contribution in [2.75, 3.05) is 18.9 Å². The molecule has 1 N–H and O–H groups in total. The molecule has 82 valence electrons. The van der Waals surface area contributed by atoms with Gasteiger partial charge in [-0.3, -0.25) is 9.48 Å². The fraction of sp³-hybridized carbons (Fsp3) is 0.600. The third-order valence-electron chi connectivity index (χ3n) is 2.64. The van der Waals surface area contributed by atoms with Crippen LogP contribution in [-0.2, 0) is 11.8 Å². The van der Waals surface area contributed by atoms with E-state index in [1.807, 2.05) is 25.2 Å². The summed E-state index contributed by atoms with van der Waals surface area (Å²) in [4.78, 5) is 13.5. The molecule has 1 aliphatic carbocycles. The Balaban J connectivity index is 1.79. The zero-order valence-corrected chi connectivity index (χ0v) is 9.10. The topological polar surface area (TPSA) is 50.2 Å². The number of nitrogens with zero attached hydrogens (tertiary/aromatic N) is 3. The van der Waals surface area contributed by atoms with Gasteiger partial charge in [0, 0.05) is 26.3 Å². The molecule has 1 aromatic heterocycles. The summed E-state index contributed by atoms with van der Waals surface area (Å²) >= 11 is 0. The second-order valence-corrected chi connectivity index (χ2v) is 3.99. The van der Waals surface area contributed by atoms with Gasteiger partial charge in [0.2, 0.25) is 5.91 Å².